The minimum atomic E-state index is 0.519. The highest BCUT2D eigenvalue weighted by atomic mass is 16.3. The topological polar surface area (TPSA) is 26.0 Å². The smallest absolute Gasteiger partial charge is 0.106 e. The van der Waals surface area contributed by atoms with Crippen molar-refractivity contribution in [2.24, 2.45) is 5.92 Å². The van der Waals surface area contributed by atoms with Crippen LogP contribution in [0.1, 0.15) is 113 Å². The van der Waals surface area contributed by atoms with Gasteiger partial charge in [-0.05, 0) is 42.5 Å². The summed E-state index contributed by atoms with van der Waals surface area (Å²) in [5.41, 5.74) is 2.72. The van der Waals surface area contributed by atoms with Gasteiger partial charge in [0.15, 0.2) is 0 Å². The largest absolute Gasteiger partial charge is 0.469 e. The first-order valence-corrected chi connectivity index (χ1v) is 12.2. The van der Waals surface area contributed by atoms with E-state index in [9.17, 15) is 0 Å². The molecule has 0 amide bonds. The van der Waals surface area contributed by atoms with Crippen molar-refractivity contribution in [1.82, 2.24) is 4.98 Å². The molecule has 0 radical (unpaired) electrons. The van der Waals surface area contributed by atoms with Crippen molar-refractivity contribution in [3.8, 4) is 0 Å². The van der Waals surface area contributed by atoms with Gasteiger partial charge in [-0.1, -0.05) is 113 Å². The lowest BCUT2D eigenvalue weighted by Gasteiger charge is -2.02. The molecule has 0 N–H and O–H groups in total. The van der Waals surface area contributed by atoms with E-state index in [1.807, 2.05) is 78.1 Å². The van der Waals surface area contributed by atoms with Crippen LogP contribution in [-0.4, -0.2) is 4.98 Å². The average molecular weight is 430 g/mol. The van der Waals surface area contributed by atoms with E-state index in [4.69, 9.17) is 4.42 Å². The molecule has 1 aliphatic carbocycles. The van der Waals surface area contributed by atoms with Crippen LogP contribution >= 0.6 is 0 Å². The van der Waals surface area contributed by atoms with Crippen LogP contribution in [-0.2, 0) is 0 Å². The fourth-order valence-corrected chi connectivity index (χ4v) is 2.23. The summed E-state index contributed by atoms with van der Waals surface area (Å²) in [5.74, 6) is 2.87. The molecule has 0 aliphatic heterocycles. The van der Waals surface area contributed by atoms with Crippen molar-refractivity contribution in [2.75, 3.05) is 0 Å². The van der Waals surface area contributed by atoms with Crippen molar-refractivity contribution in [3.63, 3.8) is 0 Å². The molecule has 0 unspecified atom stereocenters. The van der Waals surface area contributed by atoms with Gasteiger partial charge in [0, 0.05) is 17.8 Å². The summed E-state index contributed by atoms with van der Waals surface area (Å²) in [6.07, 6.45) is 11.3. The third-order valence-electron chi connectivity index (χ3n) is 3.93. The number of hydrogen-bond donors (Lipinski definition) is 0. The van der Waals surface area contributed by atoms with Gasteiger partial charge < -0.3 is 4.42 Å². The van der Waals surface area contributed by atoms with E-state index in [1.165, 1.54) is 6.42 Å². The monoisotopic (exact) mass is 429 g/mol. The maximum atomic E-state index is 5.09. The van der Waals surface area contributed by atoms with Gasteiger partial charge in [-0.3, -0.25) is 4.98 Å². The number of rotatable bonds is 3. The molecule has 0 saturated heterocycles. The number of hydrogen-bond acceptors (Lipinski definition) is 2. The molecule has 0 saturated carbocycles. The van der Waals surface area contributed by atoms with Crippen molar-refractivity contribution < 1.29 is 4.42 Å². The summed E-state index contributed by atoms with van der Waals surface area (Å²) < 4.78 is 5.09. The van der Waals surface area contributed by atoms with Crippen LogP contribution in [0, 0.1) is 5.92 Å². The summed E-state index contributed by atoms with van der Waals surface area (Å²) in [6, 6.07) is 9.90. The molecular weight excluding hydrogens is 378 g/mol. The van der Waals surface area contributed by atoms with Crippen LogP contribution in [0.2, 0.25) is 0 Å². The highest BCUT2D eigenvalue weighted by molar-refractivity contribution is 5.23. The van der Waals surface area contributed by atoms with E-state index < -0.39 is 0 Å². The third-order valence-corrected chi connectivity index (χ3v) is 3.93. The molecule has 0 fully saturated rings. The number of nitrogens with zero attached hydrogens (tertiary/aromatic N) is 1. The predicted octanol–water partition coefficient (Wildman–Crippen LogP) is 10.2. The van der Waals surface area contributed by atoms with Crippen molar-refractivity contribution in [1.29, 1.82) is 0 Å². The van der Waals surface area contributed by atoms with E-state index in [2.05, 4.69) is 64.8 Å². The molecule has 0 atom stereocenters. The Morgan fingerprint density at radius 3 is 1.58 bits per heavy atom. The molecule has 0 aromatic carbocycles. The standard InChI is InChI=1S/C8H11N.C8H12.C7H10O.3C2H6/c1-7(2)8-5-3-4-6-9-8;1-7(2)8-5-3-4-6-8;1-6(2)7-4-3-5-8-7;3*1-2/h3-7H,1-2H3;3-5,7H,6H2,1-2H3;3-6H,1-2H3;3*1-2H3. The normalized spacial score (nSPS) is 10.7. The molecule has 2 heteroatoms. The van der Waals surface area contributed by atoms with E-state index in [-0.39, 0.29) is 0 Å². The van der Waals surface area contributed by atoms with Gasteiger partial charge in [0.2, 0.25) is 0 Å². The molecule has 3 rings (SSSR count). The van der Waals surface area contributed by atoms with Gasteiger partial charge in [-0.25, -0.2) is 0 Å². The van der Waals surface area contributed by atoms with Crippen LogP contribution in [0.5, 0.6) is 0 Å². The number of allylic oxidation sites excluding steroid dienone is 4. The van der Waals surface area contributed by atoms with Crippen molar-refractivity contribution >= 4 is 0 Å². The third kappa shape index (κ3) is 18.4. The molecule has 0 bridgehead atoms. The Bertz CT molecular complexity index is 620. The molecule has 0 spiro atoms. The summed E-state index contributed by atoms with van der Waals surface area (Å²) in [5, 5.41) is 0. The first kappa shape index (κ1) is 33.5. The highest BCUT2D eigenvalue weighted by Gasteiger charge is 2.02. The fourth-order valence-electron chi connectivity index (χ4n) is 2.23. The Hall–Kier alpha value is -2.09. The molecule has 2 nitrogen and oxygen atoms in total. The highest BCUT2D eigenvalue weighted by Crippen LogP contribution is 2.18. The Morgan fingerprint density at radius 1 is 0.742 bits per heavy atom. The zero-order valence-electron chi connectivity index (χ0n) is 22.6. The minimum Gasteiger partial charge on any atom is -0.469 e. The Labute approximate surface area is 194 Å². The molecule has 1 aliphatic rings. The molecule has 2 heterocycles. The second-order valence-corrected chi connectivity index (χ2v) is 7.11. The number of aromatic nitrogens is 1. The van der Waals surface area contributed by atoms with Gasteiger partial charge in [0.1, 0.15) is 5.76 Å². The maximum absolute atomic E-state index is 5.09. The lowest BCUT2D eigenvalue weighted by atomic mass is 10.0. The van der Waals surface area contributed by atoms with Crippen LogP contribution in [0.4, 0.5) is 0 Å². The van der Waals surface area contributed by atoms with E-state index in [0.29, 0.717) is 11.8 Å². The SMILES string of the molecule is CC.CC.CC.CC(C)C1=CC=CC1.CC(C)c1ccccn1.CC(C)c1ccco1. The van der Waals surface area contributed by atoms with Crippen LogP contribution in [0.3, 0.4) is 0 Å². The zero-order chi connectivity index (χ0) is 24.7. The van der Waals surface area contributed by atoms with Crippen LogP contribution in [0.15, 0.2) is 71.0 Å². The summed E-state index contributed by atoms with van der Waals surface area (Å²) in [7, 11) is 0. The van der Waals surface area contributed by atoms with Crippen molar-refractivity contribution in [3.05, 3.63) is 78.0 Å². The van der Waals surface area contributed by atoms with Gasteiger partial charge in [0.25, 0.3) is 0 Å². The second kappa shape index (κ2) is 24.2. The first-order chi connectivity index (χ1) is 14.9. The summed E-state index contributed by atoms with van der Waals surface area (Å²) in [4.78, 5) is 4.18. The lowest BCUT2D eigenvalue weighted by molar-refractivity contribution is 0.487. The number of furan rings is 1. The molecule has 2 aromatic heterocycles. The Morgan fingerprint density at radius 2 is 1.35 bits per heavy atom. The lowest BCUT2D eigenvalue weighted by Crippen LogP contribution is -1.88. The van der Waals surface area contributed by atoms with Crippen LogP contribution in [0.25, 0.3) is 0 Å². The minimum absolute atomic E-state index is 0.519. The Kier molecular flexibility index (Phi) is 26.2. The first-order valence-electron chi connectivity index (χ1n) is 12.2. The van der Waals surface area contributed by atoms with Crippen molar-refractivity contribution in [2.45, 2.75) is 101 Å². The summed E-state index contributed by atoms with van der Waals surface area (Å²) >= 11 is 0. The van der Waals surface area contributed by atoms with Gasteiger partial charge >= 0.3 is 0 Å². The van der Waals surface area contributed by atoms with E-state index in [0.717, 1.165) is 17.4 Å². The van der Waals surface area contributed by atoms with Crippen LogP contribution < -0.4 is 0 Å². The predicted molar refractivity (Wildman–Crippen MR) is 142 cm³/mol. The molecule has 2 aromatic rings. The van der Waals surface area contributed by atoms with Gasteiger partial charge in [0.05, 0.1) is 6.26 Å². The average Bonchev–Trinajstić information content (AvgIpc) is 3.54. The Balaban J connectivity index is -0.000000338. The molecule has 178 valence electrons. The van der Waals surface area contributed by atoms with Gasteiger partial charge in [-0.2, -0.15) is 0 Å². The van der Waals surface area contributed by atoms with E-state index >= 15 is 0 Å². The molecular formula is C29H51NO. The second-order valence-electron chi connectivity index (χ2n) is 7.11. The number of pyridine rings is 1. The van der Waals surface area contributed by atoms with Gasteiger partial charge in [-0.15, -0.1) is 0 Å². The quantitative estimate of drug-likeness (QED) is 0.485. The van der Waals surface area contributed by atoms with E-state index in [1.54, 1.807) is 11.8 Å². The fraction of sp³-hybridized carbons (Fsp3) is 0.552. The zero-order valence-corrected chi connectivity index (χ0v) is 22.6. The molecule has 31 heavy (non-hydrogen) atoms. The summed E-state index contributed by atoms with van der Waals surface area (Å²) in [6.45, 7) is 25.0. The maximum Gasteiger partial charge on any atom is 0.106 e.